The van der Waals surface area contributed by atoms with Gasteiger partial charge in [0.1, 0.15) is 11.8 Å². The van der Waals surface area contributed by atoms with Gasteiger partial charge in [-0.25, -0.2) is 0 Å². The topological polar surface area (TPSA) is 110 Å². The number of aromatic nitrogens is 1. The van der Waals surface area contributed by atoms with E-state index in [2.05, 4.69) is 15.6 Å². The maximum Gasteiger partial charge on any atom is 0.255 e. The van der Waals surface area contributed by atoms with E-state index >= 15 is 0 Å². The first kappa shape index (κ1) is 19.4. The molecule has 0 unspecified atom stereocenters. The first-order valence-electron chi connectivity index (χ1n) is 9.43. The zero-order valence-corrected chi connectivity index (χ0v) is 16.0. The predicted molar refractivity (Wildman–Crippen MR) is 114 cm³/mol. The molecule has 30 heavy (non-hydrogen) atoms. The highest BCUT2D eigenvalue weighted by Gasteiger charge is 2.15. The van der Waals surface area contributed by atoms with Gasteiger partial charge in [0, 0.05) is 41.6 Å². The quantitative estimate of drug-likeness (QED) is 0.459. The van der Waals surface area contributed by atoms with Crippen molar-refractivity contribution in [1.82, 2.24) is 10.3 Å². The first-order valence-corrected chi connectivity index (χ1v) is 9.43. The zero-order chi connectivity index (χ0) is 20.9. The van der Waals surface area contributed by atoms with Gasteiger partial charge >= 0.3 is 0 Å². The lowest BCUT2D eigenvalue weighted by atomic mass is 10.0. The summed E-state index contributed by atoms with van der Waals surface area (Å²) in [6, 6.07) is 17.3. The van der Waals surface area contributed by atoms with Crippen LogP contribution in [0.2, 0.25) is 0 Å². The van der Waals surface area contributed by atoms with Gasteiger partial charge in [-0.3, -0.25) is 14.6 Å². The summed E-state index contributed by atoms with van der Waals surface area (Å²) in [6.45, 7) is 0.251. The molecule has 7 heteroatoms. The lowest BCUT2D eigenvalue weighted by molar-refractivity contribution is 0.0951. The number of benzene rings is 2. The Morgan fingerprint density at radius 1 is 0.967 bits per heavy atom. The maximum absolute atomic E-state index is 12.5. The molecule has 150 valence electrons. The van der Waals surface area contributed by atoms with Crippen LogP contribution in [0.3, 0.4) is 0 Å². The molecule has 0 radical (unpaired) electrons. The summed E-state index contributed by atoms with van der Waals surface area (Å²) >= 11 is 0. The van der Waals surface area contributed by atoms with Gasteiger partial charge in [0.25, 0.3) is 11.8 Å². The molecule has 2 aromatic carbocycles. The number of furan rings is 1. The zero-order valence-electron chi connectivity index (χ0n) is 16.0. The summed E-state index contributed by atoms with van der Waals surface area (Å²) < 4.78 is 5.41. The first-order chi connectivity index (χ1) is 14.6. The Morgan fingerprint density at radius 3 is 2.47 bits per heavy atom. The molecule has 0 saturated heterocycles. The van der Waals surface area contributed by atoms with Crippen LogP contribution >= 0.6 is 0 Å². The second kappa shape index (κ2) is 8.59. The van der Waals surface area contributed by atoms with Crippen molar-refractivity contribution >= 4 is 28.5 Å². The van der Waals surface area contributed by atoms with Gasteiger partial charge in [-0.05, 0) is 35.9 Å². The Kier molecular flexibility index (Phi) is 5.54. The average molecular weight is 400 g/mol. The summed E-state index contributed by atoms with van der Waals surface area (Å²) in [6.07, 6.45) is 4.67. The van der Waals surface area contributed by atoms with Crippen LogP contribution in [0.25, 0.3) is 11.0 Å². The summed E-state index contributed by atoms with van der Waals surface area (Å²) in [4.78, 5) is 28.7. The van der Waals surface area contributed by atoms with Crippen molar-refractivity contribution in [1.29, 1.82) is 0 Å². The number of hydrogen-bond acceptors (Lipinski definition) is 5. The van der Waals surface area contributed by atoms with Crippen LogP contribution in [0.4, 0.5) is 5.69 Å². The summed E-state index contributed by atoms with van der Waals surface area (Å²) in [5.74, 6) is -0.467. The molecule has 2 heterocycles. The normalized spacial score (nSPS) is 11.8. The molecule has 0 bridgehead atoms. The van der Waals surface area contributed by atoms with Crippen LogP contribution in [0.1, 0.15) is 32.3 Å². The Labute approximate surface area is 172 Å². The summed E-state index contributed by atoms with van der Waals surface area (Å²) in [5, 5.41) is 6.40. The molecule has 1 atom stereocenters. The van der Waals surface area contributed by atoms with E-state index < -0.39 is 6.04 Å². The molecule has 0 spiro atoms. The van der Waals surface area contributed by atoms with Crippen molar-refractivity contribution < 1.29 is 14.0 Å². The van der Waals surface area contributed by atoms with Crippen molar-refractivity contribution in [3.05, 3.63) is 96.0 Å². The fourth-order valence-electron chi connectivity index (χ4n) is 3.09. The number of fused-ring (bicyclic) bond motifs is 1. The van der Waals surface area contributed by atoms with Crippen LogP contribution in [0, 0.1) is 0 Å². The standard InChI is InChI=1S/C23H20N4O3/c24-20(13-26-23(29)19-14-30-21-4-2-1-3-18(19)21)15-5-7-16(8-6-15)22(28)27-17-9-11-25-12-10-17/h1-12,14,20H,13,24H2,(H,26,29)(H,25,27,28)/t20-/m1/s1. The van der Waals surface area contributed by atoms with Gasteiger partial charge in [0.05, 0.1) is 5.56 Å². The molecule has 0 aliphatic rings. The third kappa shape index (κ3) is 4.21. The van der Waals surface area contributed by atoms with Crippen LogP contribution < -0.4 is 16.4 Å². The van der Waals surface area contributed by atoms with E-state index in [1.165, 1.54) is 6.26 Å². The summed E-state index contributed by atoms with van der Waals surface area (Å²) in [7, 11) is 0. The molecule has 0 aliphatic carbocycles. The smallest absolute Gasteiger partial charge is 0.255 e. The number of hydrogen-bond donors (Lipinski definition) is 3. The highest BCUT2D eigenvalue weighted by molar-refractivity contribution is 6.06. The summed E-state index contributed by atoms with van der Waals surface area (Å²) in [5.41, 5.74) is 9.34. The maximum atomic E-state index is 12.5. The van der Waals surface area contributed by atoms with Crippen molar-refractivity contribution in [3.8, 4) is 0 Å². The second-order valence-electron chi connectivity index (χ2n) is 6.77. The van der Waals surface area contributed by atoms with Gasteiger partial charge < -0.3 is 20.8 Å². The molecule has 4 rings (SSSR count). The number of nitrogens with two attached hydrogens (primary N) is 1. The molecule has 0 aliphatic heterocycles. The van der Waals surface area contributed by atoms with E-state index in [9.17, 15) is 9.59 Å². The van der Waals surface area contributed by atoms with E-state index in [4.69, 9.17) is 10.2 Å². The van der Waals surface area contributed by atoms with Crippen molar-refractivity contribution in [2.24, 2.45) is 5.73 Å². The van der Waals surface area contributed by atoms with E-state index in [0.717, 1.165) is 10.9 Å². The SMILES string of the molecule is N[C@H](CNC(=O)c1coc2ccccc12)c1ccc(C(=O)Nc2ccncc2)cc1. The number of amides is 2. The number of carbonyl (C=O) groups excluding carboxylic acids is 2. The van der Waals surface area contributed by atoms with Gasteiger partial charge in [0.15, 0.2) is 0 Å². The van der Waals surface area contributed by atoms with Crippen LogP contribution in [-0.2, 0) is 0 Å². The number of anilines is 1. The third-order valence-electron chi connectivity index (χ3n) is 4.75. The fraction of sp³-hybridized carbons (Fsp3) is 0.0870. The molecular formula is C23H20N4O3. The Balaban J connectivity index is 1.36. The Hall–Kier alpha value is -3.97. The number of carbonyl (C=O) groups is 2. The third-order valence-corrected chi connectivity index (χ3v) is 4.75. The monoisotopic (exact) mass is 400 g/mol. The van der Waals surface area contributed by atoms with Gasteiger partial charge in [-0.15, -0.1) is 0 Å². The number of nitrogens with zero attached hydrogens (tertiary/aromatic N) is 1. The molecule has 0 fully saturated rings. The highest BCUT2D eigenvalue weighted by Crippen LogP contribution is 2.20. The largest absolute Gasteiger partial charge is 0.463 e. The number of para-hydroxylation sites is 1. The van der Waals surface area contributed by atoms with E-state index in [-0.39, 0.29) is 18.4 Å². The van der Waals surface area contributed by atoms with Gasteiger partial charge in [-0.2, -0.15) is 0 Å². The molecule has 4 N–H and O–H groups in total. The molecule has 7 nitrogen and oxygen atoms in total. The van der Waals surface area contributed by atoms with Crippen molar-refractivity contribution in [3.63, 3.8) is 0 Å². The van der Waals surface area contributed by atoms with Gasteiger partial charge in [0.2, 0.25) is 0 Å². The fourth-order valence-corrected chi connectivity index (χ4v) is 3.09. The minimum Gasteiger partial charge on any atom is -0.463 e. The van der Waals surface area contributed by atoms with E-state index in [1.807, 2.05) is 24.3 Å². The molecule has 0 saturated carbocycles. The van der Waals surface area contributed by atoms with Crippen molar-refractivity contribution in [2.45, 2.75) is 6.04 Å². The lowest BCUT2D eigenvalue weighted by Crippen LogP contribution is -2.31. The number of rotatable bonds is 6. The number of nitrogens with one attached hydrogen (secondary N) is 2. The molecule has 2 aromatic heterocycles. The molecule has 4 aromatic rings. The minimum atomic E-state index is -0.413. The molecule has 2 amide bonds. The van der Waals surface area contributed by atoms with Gasteiger partial charge in [-0.1, -0.05) is 30.3 Å². The number of pyridine rings is 1. The Morgan fingerprint density at radius 2 is 1.70 bits per heavy atom. The minimum absolute atomic E-state index is 0.221. The Bertz CT molecular complexity index is 1170. The average Bonchev–Trinajstić information content (AvgIpc) is 3.22. The predicted octanol–water partition coefficient (Wildman–Crippen LogP) is 3.51. The van der Waals surface area contributed by atoms with Crippen molar-refractivity contribution in [2.75, 3.05) is 11.9 Å². The second-order valence-corrected chi connectivity index (χ2v) is 6.77. The van der Waals surface area contributed by atoms with Crippen LogP contribution in [0.15, 0.2) is 83.7 Å². The van der Waals surface area contributed by atoms with Crippen LogP contribution in [-0.4, -0.2) is 23.3 Å². The highest BCUT2D eigenvalue weighted by atomic mass is 16.3. The lowest BCUT2D eigenvalue weighted by Gasteiger charge is -2.13. The van der Waals surface area contributed by atoms with E-state index in [1.54, 1.807) is 48.8 Å². The molecular weight excluding hydrogens is 380 g/mol. The van der Waals surface area contributed by atoms with Crippen LogP contribution in [0.5, 0.6) is 0 Å². The van der Waals surface area contributed by atoms with E-state index in [0.29, 0.717) is 22.4 Å².